The third-order valence-corrected chi connectivity index (χ3v) is 9.57. The van der Waals surface area contributed by atoms with Crippen LogP contribution < -0.4 is 9.62 Å². The van der Waals surface area contributed by atoms with E-state index in [1.807, 2.05) is 30.3 Å². The maximum absolute atomic E-state index is 14.2. The van der Waals surface area contributed by atoms with Crippen molar-refractivity contribution >= 4 is 66.7 Å². The first-order valence-electron chi connectivity index (χ1n) is 13.8. The molecule has 1 aliphatic rings. The summed E-state index contributed by atoms with van der Waals surface area (Å²) < 4.78 is 27.6. The molecule has 0 aliphatic heterocycles. The third kappa shape index (κ3) is 8.96. The lowest BCUT2D eigenvalue weighted by molar-refractivity contribution is -0.140. The molecule has 2 amide bonds. The number of anilines is 1. The molecule has 0 heterocycles. The molecule has 1 atom stereocenters. The number of nitrogens with one attached hydrogen (secondary N) is 1. The van der Waals surface area contributed by atoms with E-state index >= 15 is 0 Å². The van der Waals surface area contributed by atoms with Crippen LogP contribution in [-0.2, 0) is 32.6 Å². The summed E-state index contributed by atoms with van der Waals surface area (Å²) in [5.41, 5.74) is 1.79. The Hall–Kier alpha value is -2.59. The van der Waals surface area contributed by atoms with Crippen LogP contribution in [0, 0.1) is 0 Å². The van der Waals surface area contributed by atoms with Gasteiger partial charge >= 0.3 is 0 Å². The molecular weight excluding hydrogens is 661 g/mol. The van der Waals surface area contributed by atoms with E-state index in [9.17, 15) is 18.0 Å². The molecule has 0 saturated heterocycles. The molecular formula is C31H34BrCl2N3O4S. The van der Waals surface area contributed by atoms with Gasteiger partial charge in [0, 0.05) is 33.5 Å². The van der Waals surface area contributed by atoms with Crippen LogP contribution in [0.2, 0.25) is 10.0 Å². The standard InChI is InChI=1S/C31H34BrCl2N3O4S/c1-42(40,41)37(27-14-8-11-24(32)18-27)21-30(38)36(20-23-15-16-25(33)19-28(23)34)29(17-22-9-4-2-5-10-22)31(39)35-26-12-6-3-7-13-26/h2,4-5,8-11,14-16,18-19,26,29H,3,6-7,12-13,17,20-21H2,1H3,(H,35,39)/t29-/m0/s1. The van der Waals surface area contributed by atoms with Crippen molar-refractivity contribution in [1.29, 1.82) is 0 Å². The second-order valence-electron chi connectivity index (χ2n) is 10.6. The first kappa shape index (κ1) is 32.3. The van der Waals surface area contributed by atoms with Gasteiger partial charge in [0.25, 0.3) is 0 Å². The summed E-state index contributed by atoms with van der Waals surface area (Å²) >= 11 is 16.1. The van der Waals surface area contributed by atoms with Crippen LogP contribution in [-0.4, -0.2) is 50.0 Å². The number of rotatable bonds is 11. The van der Waals surface area contributed by atoms with E-state index in [1.165, 1.54) is 4.90 Å². The highest BCUT2D eigenvalue weighted by atomic mass is 79.9. The van der Waals surface area contributed by atoms with E-state index in [4.69, 9.17) is 23.2 Å². The van der Waals surface area contributed by atoms with Gasteiger partial charge in [-0.1, -0.05) is 101 Å². The zero-order chi connectivity index (χ0) is 30.3. The molecule has 3 aromatic rings. The molecule has 1 fully saturated rings. The Morgan fingerprint density at radius 1 is 0.976 bits per heavy atom. The predicted octanol–water partition coefficient (Wildman–Crippen LogP) is 6.61. The molecule has 4 rings (SSSR count). The van der Waals surface area contributed by atoms with Gasteiger partial charge in [-0.15, -0.1) is 0 Å². The van der Waals surface area contributed by atoms with Crippen molar-refractivity contribution in [1.82, 2.24) is 10.2 Å². The number of hydrogen-bond donors (Lipinski definition) is 1. The minimum Gasteiger partial charge on any atom is -0.352 e. The number of sulfonamides is 1. The van der Waals surface area contributed by atoms with E-state index in [1.54, 1.807) is 42.5 Å². The second kappa shape index (κ2) is 14.7. The van der Waals surface area contributed by atoms with Gasteiger partial charge in [0.15, 0.2) is 0 Å². The first-order chi connectivity index (χ1) is 20.0. The Kier molecular flexibility index (Phi) is 11.3. The van der Waals surface area contributed by atoms with Gasteiger partial charge in [0.1, 0.15) is 12.6 Å². The molecule has 0 spiro atoms. The molecule has 0 aromatic heterocycles. The second-order valence-corrected chi connectivity index (χ2v) is 14.2. The molecule has 7 nitrogen and oxygen atoms in total. The van der Waals surface area contributed by atoms with Crippen LogP contribution in [0.25, 0.3) is 0 Å². The molecule has 11 heteroatoms. The average molecular weight is 696 g/mol. The first-order valence-corrected chi connectivity index (χ1v) is 17.2. The smallest absolute Gasteiger partial charge is 0.244 e. The quantitative estimate of drug-likeness (QED) is 0.245. The largest absolute Gasteiger partial charge is 0.352 e. The number of amides is 2. The lowest BCUT2D eigenvalue weighted by Crippen LogP contribution is -2.55. The van der Waals surface area contributed by atoms with Gasteiger partial charge in [-0.05, 0) is 54.3 Å². The van der Waals surface area contributed by atoms with Crippen LogP contribution in [0.1, 0.15) is 43.2 Å². The van der Waals surface area contributed by atoms with Gasteiger partial charge < -0.3 is 10.2 Å². The van der Waals surface area contributed by atoms with Gasteiger partial charge in [-0.25, -0.2) is 8.42 Å². The fraction of sp³-hybridized carbons (Fsp3) is 0.355. The summed E-state index contributed by atoms with van der Waals surface area (Å²) in [5.74, 6) is -0.816. The highest BCUT2D eigenvalue weighted by Crippen LogP contribution is 2.27. The highest BCUT2D eigenvalue weighted by molar-refractivity contribution is 9.10. The summed E-state index contributed by atoms with van der Waals surface area (Å²) in [6.07, 6.45) is 6.26. The summed E-state index contributed by atoms with van der Waals surface area (Å²) in [6, 6.07) is 20.3. The van der Waals surface area contributed by atoms with E-state index < -0.39 is 28.5 Å². The predicted molar refractivity (Wildman–Crippen MR) is 172 cm³/mol. The van der Waals surface area contributed by atoms with Crippen LogP contribution >= 0.6 is 39.1 Å². The minimum atomic E-state index is -3.86. The molecule has 1 N–H and O–H groups in total. The lowest BCUT2D eigenvalue weighted by Gasteiger charge is -2.35. The monoisotopic (exact) mass is 693 g/mol. The molecule has 3 aromatic carbocycles. The van der Waals surface area contributed by atoms with Crippen LogP contribution in [0.4, 0.5) is 5.69 Å². The number of halogens is 3. The van der Waals surface area contributed by atoms with Crippen molar-refractivity contribution < 1.29 is 18.0 Å². The number of nitrogens with zero attached hydrogens (tertiary/aromatic N) is 2. The maximum atomic E-state index is 14.2. The van der Waals surface area contributed by atoms with Crippen LogP contribution in [0.15, 0.2) is 77.3 Å². The Balaban J connectivity index is 1.74. The maximum Gasteiger partial charge on any atom is 0.244 e. The van der Waals surface area contributed by atoms with Crippen molar-refractivity contribution in [2.45, 2.75) is 57.2 Å². The fourth-order valence-corrected chi connectivity index (χ4v) is 6.87. The van der Waals surface area contributed by atoms with Gasteiger partial charge in [0.05, 0.1) is 11.9 Å². The van der Waals surface area contributed by atoms with E-state index in [0.29, 0.717) is 25.8 Å². The summed E-state index contributed by atoms with van der Waals surface area (Å²) in [7, 11) is -3.86. The van der Waals surface area contributed by atoms with Crippen molar-refractivity contribution in [3.63, 3.8) is 0 Å². The average Bonchev–Trinajstić information content (AvgIpc) is 2.95. The molecule has 42 heavy (non-hydrogen) atoms. The van der Waals surface area contributed by atoms with Gasteiger partial charge in [-0.2, -0.15) is 0 Å². The molecule has 0 bridgehead atoms. The van der Waals surface area contributed by atoms with Crippen LogP contribution in [0.5, 0.6) is 0 Å². The normalized spacial score (nSPS) is 14.7. The van der Waals surface area contributed by atoms with Crippen molar-refractivity contribution in [2.75, 3.05) is 17.1 Å². The SMILES string of the molecule is CS(=O)(=O)N(CC(=O)N(Cc1ccc(Cl)cc1Cl)[C@@H](Cc1ccccc1)C(=O)NC1CCCCC1)c1cccc(Br)c1. The summed E-state index contributed by atoms with van der Waals surface area (Å²) in [4.78, 5) is 29.7. The molecule has 1 aliphatic carbocycles. The summed E-state index contributed by atoms with van der Waals surface area (Å²) in [5, 5.41) is 3.97. The molecule has 0 radical (unpaired) electrons. The van der Waals surface area contributed by atoms with E-state index in [0.717, 1.165) is 48.2 Å². The third-order valence-electron chi connectivity index (χ3n) is 7.35. The Morgan fingerprint density at radius 2 is 1.69 bits per heavy atom. The lowest BCUT2D eigenvalue weighted by atomic mass is 9.94. The van der Waals surface area contributed by atoms with Gasteiger partial charge in [0.2, 0.25) is 21.8 Å². The molecule has 224 valence electrons. The zero-order valence-corrected chi connectivity index (χ0v) is 27.2. The summed E-state index contributed by atoms with van der Waals surface area (Å²) in [6.45, 7) is -0.511. The molecule has 1 saturated carbocycles. The van der Waals surface area contributed by atoms with Crippen molar-refractivity contribution in [2.24, 2.45) is 0 Å². The van der Waals surface area contributed by atoms with Crippen LogP contribution in [0.3, 0.4) is 0 Å². The van der Waals surface area contributed by atoms with Crippen molar-refractivity contribution in [3.8, 4) is 0 Å². The number of carbonyl (C=O) groups is 2. The Bertz CT molecular complexity index is 1500. The minimum absolute atomic E-state index is 0.0134. The zero-order valence-electron chi connectivity index (χ0n) is 23.3. The number of hydrogen-bond acceptors (Lipinski definition) is 4. The number of benzene rings is 3. The molecule has 0 unspecified atom stereocenters. The fourth-order valence-electron chi connectivity index (χ4n) is 5.18. The Labute approximate surface area is 266 Å². The number of carbonyl (C=O) groups excluding carboxylic acids is 2. The Morgan fingerprint density at radius 3 is 2.33 bits per heavy atom. The van der Waals surface area contributed by atoms with Gasteiger partial charge in [-0.3, -0.25) is 13.9 Å². The van der Waals surface area contributed by atoms with E-state index in [-0.39, 0.29) is 24.9 Å². The highest BCUT2D eigenvalue weighted by Gasteiger charge is 2.34. The topological polar surface area (TPSA) is 86.8 Å². The van der Waals surface area contributed by atoms with Crippen molar-refractivity contribution in [3.05, 3.63) is 98.4 Å². The van der Waals surface area contributed by atoms with E-state index in [2.05, 4.69) is 21.2 Å².